The summed E-state index contributed by atoms with van der Waals surface area (Å²) in [5.41, 5.74) is 2.85. The van der Waals surface area contributed by atoms with Crippen LogP contribution in [-0.2, 0) is 11.3 Å². The Morgan fingerprint density at radius 1 is 1.21 bits per heavy atom. The molecule has 0 unspecified atom stereocenters. The Bertz CT molecular complexity index is 813. The molecule has 5 heteroatoms. The maximum Gasteiger partial charge on any atom is 0.262 e. The monoisotopic (exact) mass is 321 g/mol. The average Bonchev–Trinajstić information content (AvgIpc) is 3.07. The molecule has 0 aliphatic heterocycles. The molecule has 24 heavy (non-hydrogen) atoms. The molecule has 0 atom stereocenters. The van der Waals surface area contributed by atoms with Gasteiger partial charge in [-0.05, 0) is 36.2 Å². The lowest BCUT2D eigenvalue weighted by atomic mass is 10.2. The molecule has 1 N–H and O–H groups in total. The van der Waals surface area contributed by atoms with Crippen LogP contribution in [0.1, 0.15) is 11.1 Å². The first kappa shape index (κ1) is 15.8. The number of anilines is 1. The van der Waals surface area contributed by atoms with Crippen LogP contribution in [-0.4, -0.2) is 22.1 Å². The second kappa shape index (κ2) is 7.46. The number of carbonyl (C=O) groups is 1. The Morgan fingerprint density at radius 2 is 2.08 bits per heavy atom. The molecule has 1 amide bonds. The summed E-state index contributed by atoms with van der Waals surface area (Å²) in [4.78, 5) is 16.1. The number of hydrogen-bond donors (Lipinski definition) is 1. The van der Waals surface area contributed by atoms with Crippen molar-refractivity contribution < 1.29 is 9.53 Å². The normalized spacial score (nSPS) is 10.4. The largest absolute Gasteiger partial charge is 0.483 e. The van der Waals surface area contributed by atoms with Gasteiger partial charge >= 0.3 is 0 Å². The summed E-state index contributed by atoms with van der Waals surface area (Å²) in [6, 6.07) is 15.4. The van der Waals surface area contributed by atoms with E-state index in [1.54, 1.807) is 12.5 Å². The molecule has 0 spiro atoms. The minimum absolute atomic E-state index is 0.0173. The van der Waals surface area contributed by atoms with E-state index in [9.17, 15) is 4.79 Å². The third-order valence-corrected chi connectivity index (χ3v) is 3.59. The Hall–Kier alpha value is -3.08. The fourth-order valence-electron chi connectivity index (χ4n) is 2.40. The molecule has 0 aliphatic carbocycles. The first-order valence-corrected chi connectivity index (χ1v) is 7.74. The average molecular weight is 321 g/mol. The zero-order chi connectivity index (χ0) is 16.8. The summed E-state index contributed by atoms with van der Waals surface area (Å²) >= 11 is 0. The number of hydrogen-bond acceptors (Lipinski definition) is 3. The third kappa shape index (κ3) is 4.23. The van der Waals surface area contributed by atoms with Crippen molar-refractivity contribution in [1.29, 1.82) is 0 Å². The third-order valence-electron chi connectivity index (χ3n) is 3.59. The molecule has 0 saturated carbocycles. The van der Waals surface area contributed by atoms with E-state index in [2.05, 4.69) is 10.3 Å². The van der Waals surface area contributed by atoms with Crippen LogP contribution < -0.4 is 10.1 Å². The van der Waals surface area contributed by atoms with Gasteiger partial charge in [-0.25, -0.2) is 4.98 Å². The van der Waals surface area contributed by atoms with Gasteiger partial charge in [-0.1, -0.05) is 30.3 Å². The lowest BCUT2D eigenvalue weighted by molar-refractivity contribution is -0.118. The van der Waals surface area contributed by atoms with Crippen LogP contribution in [0.5, 0.6) is 5.75 Å². The minimum Gasteiger partial charge on any atom is -0.483 e. The second-order valence-electron chi connectivity index (χ2n) is 5.54. The summed E-state index contributed by atoms with van der Waals surface area (Å²) < 4.78 is 7.54. The van der Waals surface area contributed by atoms with Gasteiger partial charge in [0.25, 0.3) is 5.91 Å². The first-order chi connectivity index (χ1) is 11.7. The van der Waals surface area contributed by atoms with Gasteiger partial charge in [0.2, 0.25) is 0 Å². The van der Waals surface area contributed by atoms with Crippen molar-refractivity contribution in [2.45, 2.75) is 13.5 Å². The predicted molar refractivity (Wildman–Crippen MR) is 93.1 cm³/mol. The van der Waals surface area contributed by atoms with Crippen molar-refractivity contribution in [3.63, 3.8) is 0 Å². The number of benzene rings is 2. The number of para-hydroxylation sites is 1. The lowest BCUT2D eigenvalue weighted by Crippen LogP contribution is -2.20. The number of carbonyl (C=O) groups excluding carboxylic acids is 1. The van der Waals surface area contributed by atoms with E-state index in [0.29, 0.717) is 6.54 Å². The van der Waals surface area contributed by atoms with Crippen LogP contribution in [0.3, 0.4) is 0 Å². The fraction of sp³-hybridized carbons (Fsp3) is 0.158. The fourth-order valence-corrected chi connectivity index (χ4v) is 2.40. The molecular formula is C19H19N3O2. The molecule has 5 nitrogen and oxygen atoms in total. The highest BCUT2D eigenvalue weighted by Gasteiger charge is 2.06. The predicted octanol–water partition coefficient (Wildman–Crippen LogP) is 3.26. The highest BCUT2D eigenvalue weighted by atomic mass is 16.5. The molecule has 0 fully saturated rings. The van der Waals surface area contributed by atoms with Gasteiger partial charge in [0.15, 0.2) is 6.61 Å². The van der Waals surface area contributed by atoms with Gasteiger partial charge in [-0.2, -0.15) is 0 Å². The summed E-state index contributed by atoms with van der Waals surface area (Å²) in [6.07, 6.45) is 5.41. The molecule has 0 aliphatic rings. The topological polar surface area (TPSA) is 56.1 Å². The summed E-state index contributed by atoms with van der Waals surface area (Å²) in [5, 5.41) is 2.86. The molecule has 2 aromatic carbocycles. The van der Waals surface area contributed by atoms with Crippen LogP contribution >= 0.6 is 0 Å². The molecule has 3 rings (SSSR count). The maximum atomic E-state index is 12.1. The van der Waals surface area contributed by atoms with E-state index in [1.807, 2.05) is 66.2 Å². The van der Waals surface area contributed by atoms with Crippen LogP contribution in [0.4, 0.5) is 5.69 Å². The summed E-state index contributed by atoms with van der Waals surface area (Å²) in [5.74, 6) is 0.541. The number of amides is 1. The van der Waals surface area contributed by atoms with Gasteiger partial charge in [0.05, 0.1) is 6.33 Å². The molecule has 1 aromatic heterocycles. The van der Waals surface area contributed by atoms with Crippen LogP contribution in [0.15, 0.2) is 67.3 Å². The number of aryl methyl sites for hydroxylation is 1. The first-order valence-electron chi connectivity index (χ1n) is 7.74. The van der Waals surface area contributed by atoms with E-state index in [4.69, 9.17) is 4.74 Å². The molecule has 1 heterocycles. The number of aromatic nitrogens is 2. The number of imidazole rings is 1. The van der Waals surface area contributed by atoms with Crippen molar-refractivity contribution in [2.75, 3.05) is 11.9 Å². The van der Waals surface area contributed by atoms with E-state index < -0.39 is 0 Å². The Labute approximate surface area is 140 Å². The van der Waals surface area contributed by atoms with E-state index in [0.717, 1.165) is 22.6 Å². The number of rotatable bonds is 6. The van der Waals surface area contributed by atoms with E-state index in [1.165, 1.54) is 0 Å². The molecule has 122 valence electrons. The van der Waals surface area contributed by atoms with E-state index in [-0.39, 0.29) is 12.5 Å². The summed E-state index contributed by atoms with van der Waals surface area (Å²) in [7, 11) is 0. The molecule has 0 bridgehead atoms. The van der Waals surface area contributed by atoms with Gasteiger partial charge < -0.3 is 14.6 Å². The lowest BCUT2D eigenvalue weighted by Gasteiger charge is -2.10. The number of nitrogens with one attached hydrogen (secondary N) is 1. The number of ether oxygens (including phenoxy) is 1. The zero-order valence-corrected chi connectivity index (χ0v) is 13.5. The highest BCUT2D eigenvalue weighted by Crippen LogP contribution is 2.16. The van der Waals surface area contributed by atoms with Crippen molar-refractivity contribution >= 4 is 11.6 Å². The standard InChI is InChI=1S/C19H19N3O2/c1-15-5-2-3-8-18(15)24-13-19(23)21-17-7-4-6-16(11-17)12-22-10-9-20-14-22/h2-11,14H,12-13H2,1H3,(H,21,23). The van der Waals surface area contributed by atoms with Gasteiger partial charge in [-0.3, -0.25) is 4.79 Å². The van der Waals surface area contributed by atoms with E-state index >= 15 is 0 Å². The van der Waals surface area contributed by atoms with Crippen molar-refractivity contribution in [1.82, 2.24) is 9.55 Å². The van der Waals surface area contributed by atoms with Crippen LogP contribution in [0.25, 0.3) is 0 Å². The van der Waals surface area contributed by atoms with Gasteiger partial charge in [-0.15, -0.1) is 0 Å². The summed E-state index contributed by atoms with van der Waals surface area (Å²) in [6.45, 7) is 2.65. The minimum atomic E-state index is -0.182. The maximum absolute atomic E-state index is 12.1. The zero-order valence-electron chi connectivity index (χ0n) is 13.5. The Kier molecular flexibility index (Phi) is 4.91. The number of nitrogens with zero attached hydrogens (tertiary/aromatic N) is 2. The highest BCUT2D eigenvalue weighted by molar-refractivity contribution is 5.91. The van der Waals surface area contributed by atoms with Crippen LogP contribution in [0, 0.1) is 6.92 Å². The van der Waals surface area contributed by atoms with Gasteiger partial charge in [0, 0.05) is 24.6 Å². The molecular weight excluding hydrogens is 302 g/mol. The Balaban J connectivity index is 1.57. The molecule has 0 radical (unpaired) electrons. The Morgan fingerprint density at radius 3 is 2.88 bits per heavy atom. The van der Waals surface area contributed by atoms with Crippen LogP contribution in [0.2, 0.25) is 0 Å². The smallest absolute Gasteiger partial charge is 0.262 e. The molecule has 3 aromatic rings. The van der Waals surface area contributed by atoms with Crippen molar-refractivity contribution in [3.8, 4) is 5.75 Å². The second-order valence-corrected chi connectivity index (χ2v) is 5.54. The molecule has 0 saturated heterocycles. The quantitative estimate of drug-likeness (QED) is 0.758. The van der Waals surface area contributed by atoms with Crippen molar-refractivity contribution in [3.05, 3.63) is 78.4 Å². The van der Waals surface area contributed by atoms with Crippen molar-refractivity contribution in [2.24, 2.45) is 0 Å². The SMILES string of the molecule is Cc1ccccc1OCC(=O)Nc1cccc(Cn2ccnc2)c1. The van der Waals surface area contributed by atoms with Gasteiger partial charge in [0.1, 0.15) is 5.75 Å².